The van der Waals surface area contributed by atoms with Gasteiger partial charge < -0.3 is 19.8 Å². The highest BCUT2D eigenvalue weighted by Crippen LogP contribution is 2.36. The Balaban J connectivity index is 1.55. The molecule has 0 spiro atoms. The molecule has 0 saturated carbocycles. The maximum atomic E-state index is 13.6. The van der Waals surface area contributed by atoms with Gasteiger partial charge in [-0.05, 0) is 57.9 Å². The Hall–Kier alpha value is -2.78. The first-order chi connectivity index (χ1) is 18.4. The summed E-state index contributed by atoms with van der Waals surface area (Å²) in [6.45, 7) is 14.6. The van der Waals surface area contributed by atoms with Gasteiger partial charge in [-0.3, -0.25) is 14.4 Å². The highest BCUT2D eigenvalue weighted by molar-refractivity contribution is 7.98. The number of carbonyl (C=O) groups is 2. The number of aromatic amines is 1. The van der Waals surface area contributed by atoms with Gasteiger partial charge in [-0.25, -0.2) is 0 Å². The van der Waals surface area contributed by atoms with Gasteiger partial charge in [0.2, 0.25) is 5.91 Å². The van der Waals surface area contributed by atoms with Crippen molar-refractivity contribution in [1.29, 1.82) is 0 Å². The Kier molecular flexibility index (Phi) is 8.81. The van der Waals surface area contributed by atoms with E-state index in [-0.39, 0.29) is 24.1 Å². The van der Waals surface area contributed by atoms with E-state index in [1.165, 1.54) is 11.8 Å². The number of rotatable bonds is 8. The molecule has 3 heterocycles. The van der Waals surface area contributed by atoms with Crippen LogP contribution < -0.4 is 10.9 Å². The summed E-state index contributed by atoms with van der Waals surface area (Å²) in [4.78, 5) is 44.8. The summed E-state index contributed by atoms with van der Waals surface area (Å²) in [6, 6.07) is 10.9. The zero-order valence-corrected chi connectivity index (χ0v) is 26.1. The van der Waals surface area contributed by atoms with Crippen molar-refractivity contribution in [3.8, 4) is 0 Å². The van der Waals surface area contributed by atoms with E-state index in [1.54, 1.807) is 0 Å². The second-order valence-corrected chi connectivity index (χ2v) is 18.4. The molecule has 0 unspecified atom stereocenters. The molecular weight excluding hydrogens is 525 g/mol. The number of hydrogen-bond donors (Lipinski definition) is 2. The lowest BCUT2D eigenvalue weighted by Crippen LogP contribution is -2.42. The van der Waals surface area contributed by atoms with Gasteiger partial charge in [0, 0.05) is 64.5 Å². The second-order valence-electron chi connectivity index (χ2n) is 12.1. The summed E-state index contributed by atoms with van der Waals surface area (Å²) < 4.78 is 2.31. The molecule has 1 fully saturated rings. The zero-order valence-electron chi connectivity index (χ0n) is 24.3. The molecule has 2 aromatic heterocycles. The molecule has 3 aromatic rings. The molecule has 2 amide bonds. The largest absolute Gasteiger partial charge is 0.348 e. The number of nitrogens with zero attached hydrogens (tertiary/aromatic N) is 2. The van der Waals surface area contributed by atoms with Crippen molar-refractivity contribution in [3.63, 3.8) is 0 Å². The Morgan fingerprint density at radius 1 is 1.15 bits per heavy atom. The van der Waals surface area contributed by atoms with Crippen molar-refractivity contribution in [2.45, 2.75) is 76.8 Å². The number of hydrogen-bond acceptors (Lipinski definition) is 4. The summed E-state index contributed by atoms with van der Waals surface area (Å²) in [5, 5.41) is 3.95. The summed E-state index contributed by atoms with van der Waals surface area (Å²) in [6.07, 6.45) is 3.85. The van der Waals surface area contributed by atoms with Crippen molar-refractivity contribution in [1.82, 2.24) is 19.8 Å². The highest BCUT2D eigenvalue weighted by Gasteiger charge is 2.31. The number of fused-ring (bicyclic) bond motifs is 1. The van der Waals surface area contributed by atoms with Gasteiger partial charge in [0.15, 0.2) is 0 Å². The van der Waals surface area contributed by atoms with Gasteiger partial charge in [0.05, 0.1) is 13.6 Å². The Morgan fingerprint density at radius 3 is 2.46 bits per heavy atom. The molecule has 1 aliphatic heterocycles. The number of likely N-dealkylation sites (tertiary alicyclic amines) is 1. The molecule has 0 aliphatic carbocycles. The van der Waals surface area contributed by atoms with Crippen LogP contribution in [-0.4, -0.2) is 53.7 Å². The van der Waals surface area contributed by atoms with E-state index in [0.29, 0.717) is 29.0 Å². The number of aryl methyl sites for hydroxylation is 1. The van der Waals surface area contributed by atoms with E-state index >= 15 is 0 Å². The number of H-pyrrole nitrogens is 1. The highest BCUT2D eigenvalue weighted by atomic mass is 32.2. The minimum Gasteiger partial charge on any atom is -0.348 e. The van der Waals surface area contributed by atoms with Crippen LogP contribution in [-0.2, 0) is 11.3 Å². The third-order valence-corrected chi connectivity index (χ3v) is 10.1. The number of thioether (sulfide) groups is 1. The molecular formula is C30H42N4O3SSi. The van der Waals surface area contributed by atoms with Crippen LogP contribution in [0.1, 0.15) is 53.1 Å². The molecule has 39 heavy (non-hydrogen) atoms. The number of amides is 2. The van der Waals surface area contributed by atoms with Crippen LogP contribution in [0.5, 0.6) is 0 Å². The molecule has 9 heteroatoms. The maximum absolute atomic E-state index is 13.6. The predicted molar refractivity (Wildman–Crippen MR) is 164 cm³/mol. The number of aromatic nitrogens is 2. The molecule has 0 radical (unpaired) electrons. The predicted octanol–water partition coefficient (Wildman–Crippen LogP) is 5.74. The van der Waals surface area contributed by atoms with E-state index in [9.17, 15) is 14.4 Å². The molecule has 2 N–H and O–H groups in total. The normalized spacial score (nSPS) is 15.5. The van der Waals surface area contributed by atoms with Gasteiger partial charge in [0.1, 0.15) is 0 Å². The smallest absolute Gasteiger partial charge is 0.254 e. The van der Waals surface area contributed by atoms with Crippen LogP contribution in [0.15, 0.2) is 40.0 Å². The van der Waals surface area contributed by atoms with E-state index in [2.05, 4.69) is 52.4 Å². The number of benzene rings is 1. The Bertz CT molecular complexity index is 1430. The minimum atomic E-state index is -1.44. The third kappa shape index (κ3) is 6.35. The summed E-state index contributed by atoms with van der Waals surface area (Å²) >= 11 is 1.51. The fraction of sp³-hybridized carbons (Fsp3) is 0.500. The molecule has 0 bridgehead atoms. The van der Waals surface area contributed by atoms with Gasteiger partial charge in [-0.1, -0.05) is 37.8 Å². The van der Waals surface area contributed by atoms with Crippen LogP contribution >= 0.6 is 11.8 Å². The summed E-state index contributed by atoms with van der Waals surface area (Å²) in [7, 11) is -1.44. The average Bonchev–Trinajstić information content (AvgIpc) is 3.17. The first-order valence-electron chi connectivity index (χ1n) is 13.8. The SMILES string of the molecule is CSc1cc(C)[nH]c(=O)c1CNC(=O)c1c(C)n([C@H](C)C2CCN(C(=O)C[Si](C)(C)C)CC2)c2ccccc12. The lowest BCUT2D eigenvalue weighted by Gasteiger charge is -2.37. The maximum Gasteiger partial charge on any atom is 0.254 e. The van der Waals surface area contributed by atoms with Crippen molar-refractivity contribution >= 4 is 42.6 Å². The standard InChI is InChI=1S/C30H42N4O3SSi/c1-19-16-26(38-4)24(29(36)32-19)17-31-30(37)28-21(3)34(25-11-9-8-10-23(25)28)20(2)22-12-14-33(15-13-22)27(35)18-39(5,6)7/h8-11,16,20,22H,12-15,17-18H2,1-7H3,(H,31,37)(H,32,36)/t20-/m1/s1. The first kappa shape index (κ1) is 29.2. The molecule has 7 nitrogen and oxygen atoms in total. The monoisotopic (exact) mass is 566 g/mol. The summed E-state index contributed by atoms with van der Waals surface area (Å²) in [5.41, 5.74) is 3.85. The number of carbonyl (C=O) groups excluding carboxylic acids is 2. The number of nitrogens with one attached hydrogen (secondary N) is 2. The molecule has 1 aromatic carbocycles. The van der Waals surface area contributed by atoms with Crippen molar-refractivity contribution in [2.75, 3.05) is 19.3 Å². The fourth-order valence-corrected chi connectivity index (χ4v) is 7.74. The zero-order chi connectivity index (χ0) is 28.5. The molecule has 1 saturated heterocycles. The van der Waals surface area contributed by atoms with E-state index < -0.39 is 8.07 Å². The van der Waals surface area contributed by atoms with E-state index in [1.807, 2.05) is 44.4 Å². The van der Waals surface area contributed by atoms with Crippen molar-refractivity contribution in [2.24, 2.45) is 5.92 Å². The number of piperidine rings is 1. The Morgan fingerprint density at radius 2 is 1.82 bits per heavy atom. The van der Waals surface area contributed by atoms with Gasteiger partial charge in [-0.2, -0.15) is 0 Å². The number of para-hydroxylation sites is 1. The van der Waals surface area contributed by atoms with Crippen LogP contribution in [0.25, 0.3) is 10.9 Å². The van der Waals surface area contributed by atoms with Gasteiger partial charge >= 0.3 is 0 Å². The summed E-state index contributed by atoms with van der Waals surface area (Å²) in [5.74, 6) is 0.550. The molecule has 210 valence electrons. The lowest BCUT2D eigenvalue weighted by atomic mass is 9.90. The second kappa shape index (κ2) is 11.8. The quantitative estimate of drug-likeness (QED) is 0.269. The van der Waals surface area contributed by atoms with E-state index in [0.717, 1.165) is 53.1 Å². The van der Waals surface area contributed by atoms with Crippen LogP contribution in [0.4, 0.5) is 0 Å². The third-order valence-electron chi connectivity index (χ3n) is 7.92. The first-order valence-corrected chi connectivity index (χ1v) is 18.8. The lowest BCUT2D eigenvalue weighted by molar-refractivity contribution is -0.130. The average molecular weight is 567 g/mol. The van der Waals surface area contributed by atoms with Crippen LogP contribution in [0.2, 0.25) is 25.7 Å². The molecule has 1 atom stereocenters. The molecule has 4 rings (SSSR count). The number of pyridine rings is 1. The molecule has 1 aliphatic rings. The van der Waals surface area contributed by atoms with Crippen molar-refractivity contribution < 1.29 is 9.59 Å². The van der Waals surface area contributed by atoms with Gasteiger partial charge in [-0.15, -0.1) is 11.8 Å². The fourth-order valence-electron chi connectivity index (χ4n) is 5.90. The Labute approximate surface area is 236 Å². The van der Waals surface area contributed by atoms with E-state index in [4.69, 9.17) is 0 Å². The van der Waals surface area contributed by atoms with Gasteiger partial charge in [0.25, 0.3) is 11.5 Å². The van der Waals surface area contributed by atoms with Crippen molar-refractivity contribution in [3.05, 3.63) is 63.2 Å². The topological polar surface area (TPSA) is 87.2 Å². The van der Waals surface area contributed by atoms with Crippen LogP contribution in [0.3, 0.4) is 0 Å². The van der Waals surface area contributed by atoms with Crippen LogP contribution in [0, 0.1) is 19.8 Å². The minimum absolute atomic E-state index is 0.165.